The first-order chi connectivity index (χ1) is 7.59. The van der Waals surface area contributed by atoms with E-state index in [-0.39, 0.29) is 11.0 Å². The maximum atomic E-state index is 11.9. The van der Waals surface area contributed by atoms with Crippen molar-refractivity contribution in [2.45, 2.75) is 6.04 Å². The molecule has 1 aromatic heterocycles. The average molecular weight is 262 g/mol. The van der Waals surface area contributed by atoms with Gasteiger partial charge >= 0.3 is 5.97 Å². The zero-order valence-corrected chi connectivity index (χ0v) is 9.62. The molecule has 0 spiro atoms. The molecule has 0 radical (unpaired) electrons. The van der Waals surface area contributed by atoms with Crippen molar-refractivity contribution in [1.29, 1.82) is 0 Å². The first-order valence-corrected chi connectivity index (χ1v) is 5.99. The number of amides is 1. The number of hydrogen-bond acceptors (Lipinski definition) is 4. The van der Waals surface area contributed by atoms with Crippen molar-refractivity contribution >= 4 is 35.2 Å². The average Bonchev–Trinajstić information content (AvgIpc) is 2.84. The van der Waals surface area contributed by atoms with E-state index in [4.69, 9.17) is 21.1 Å². The number of halogens is 1. The molecule has 1 aliphatic rings. The van der Waals surface area contributed by atoms with Crippen LogP contribution in [0.3, 0.4) is 0 Å². The molecular formula is C9H8ClNO4S. The summed E-state index contributed by atoms with van der Waals surface area (Å²) in [6.45, 7) is 0. The number of carboxylic acid groups (broad SMARTS) is 1. The number of aliphatic carboxylic acids is 1. The van der Waals surface area contributed by atoms with E-state index in [1.54, 1.807) is 0 Å². The van der Waals surface area contributed by atoms with E-state index >= 15 is 0 Å². The van der Waals surface area contributed by atoms with Gasteiger partial charge in [0.25, 0.3) is 5.91 Å². The highest BCUT2D eigenvalue weighted by molar-refractivity contribution is 7.99. The monoisotopic (exact) mass is 261 g/mol. The van der Waals surface area contributed by atoms with Crippen LogP contribution in [0.5, 0.6) is 0 Å². The Bertz CT molecular complexity index is 433. The van der Waals surface area contributed by atoms with Gasteiger partial charge in [0.15, 0.2) is 11.0 Å². The van der Waals surface area contributed by atoms with Crippen molar-refractivity contribution in [2.24, 2.45) is 0 Å². The molecule has 0 bridgehead atoms. The van der Waals surface area contributed by atoms with Crippen molar-refractivity contribution in [3.63, 3.8) is 0 Å². The lowest BCUT2D eigenvalue weighted by atomic mass is 10.3. The van der Waals surface area contributed by atoms with E-state index in [9.17, 15) is 9.59 Å². The van der Waals surface area contributed by atoms with Crippen molar-refractivity contribution in [2.75, 3.05) is 11.6 Å². The first kappa shape index (κ1) is 11.3. The highest BCUT2D eigenvalue weighted by Crippen LogP contribution is 2.24. The molecule has 1 amide bonds. The predicted octanol–water partition coefficient (Wildman–Crippen LogP) is 1.53. The van der Waals surface area contributed by atoms with E-state index in [0.717, 1.165) is 0 Å². The van der Waals surface area contributed by atoms with Gasteiger partial charge in [0.05, 0.1) is 5.88 Å². The molecule has 1 aromatic rings. The molecule has 1 saturated heterocycles. The van der Waals surface area contributed by atoms with Gasteiger partial charge in [-0.1, -0.05) is 0 Å². The van der Waals surface area contributed by atoms with Gasteiger partial charge < -0.3 is 14.4 Å². The van der Waals surface area contributed by atoms with E-state index in [1.807, 2.05) is 0 Å². The Balaban J connectivity index is 2.18. The number of thioether (sulfide) groups is 1. The standard InChI is InChI=1S/C9H8ClNO4S/c10-7-2-1-6(15-7)8(12)11-4-16-3-5(11)9(13)14/h1-2,5H,3-4H2,(H,13,14). The highest BCUT2D eigenvalue weighted by atomic mass is 35.5. The summed E-state index contributed by atoms with van der Waals surface area (Å²) < 4.78 is 4.96. The molecule has 2 heterocycles. The number of carbonyl (C=O) groups is 2. The molecule has 1 unspecified atom stereocenters. The molecule has 7 heteroatoms. The summed E-state index contributed by atoms with van der Waals surface area (Å²) in [6, 6.07) is 2.10. The quantitative estimate of drug-likeness (QED) is 0.874. The van der Waals surface area contributed by atoms with Crippen LogP contribution in [0, 0.1) is 0 Å². The van der Waals surface area contributed by atoms with Crippen LogP contribution in [0.2, 0.25) is 5.22 Å². The van der Waals surface area contributed by atoms with Gasteiger partial charge in [-0.15, -0.1) is 11.8 Å². The zero-order valence-electron chi connectivity index (χ0n) is 8.05. The van der Waals surface area contributed by atoms with Crippen LogP contribution in [-0.4, -0.2) is 39.6 Å². The number of carboxylic acids is 1. The van der Waals surface area contributed by atoms with Gasteiger partial charge in [0, 0.05) is 5.75 Å². The topological polar surface area (TPSA) is 70.8 Å². The van der Waals surface area contributed by atoms with E-state index in [1.165, 1.54) is 28.8 Å². The molecular weight excluding hydrogens is 254 g/mol. The highest BCUT2D eigenvalue weighted by Gasteiger charge is 2.36. The Morgan fingerprint density at radius 2 is 2.31 bits per heavy atom. The van der Waals surface area contributed by atoms with Gasteiger partial charge in [-0.25, -0.2) is 4.79 Å². The number of rotatable bonds is 2. The molecule has 0 aliphatic carbocycles. The van der Waals surface area contributed by atoms with Gasteiger partial charge in [0.2, 0.25) is 0 Å². The lowest BCUT2D eigenvalue weighted by molar-refractivity contribution is -0.140. The molecule has 0 aromatic carbocycles. The largest absolute Gasteiger partial charge is 0.480 e. The number of carbonyl (C=O) groups excluding carboxylic acids is 1. The third-order valence-corrected chi connectivity index (χ3v) is 3.43. The molecule has 2 rings (SSSR count). The van der Waals surface area contributed by atoms with Crippen LogP contribution in [0.15, 0.2) is 16.5 Å². The Morgan fingerprint density at radius 1 is 1.56 bits per heavy atom. The zero-order chi connectivity index (χ0) is 11.7. The summed E-state index contributed by atoms with van der Waals surface area (Å²) in [5, 5.41) is 9.03. The van der Waals surface area contributed by atoms with Crippen LogP contribution in [0.1, 0.15) is 10.6 Å². The third kappa shape index (κ3) is 2.03. The van der Waals surface area contributed by atoms with Crippen LogP contribution < -0.4 is 0 Å². The fourth-order valence-corrected chi connectivity index (χ4v) is 2.71. The van der Waals surface area contributed by atoms with E-state index < -0.39 is 17.9 Å². The summed E-state index contributed by atoms with van der Waals surface area (Å²) in [5.41, 5.74) is 0. The minimum absolute atomic E-state index is 0.0683. The second kappa shape index (κ2) is 4.39. The van der Waals surface area contributed by atoms with Crippen LogP contribution in [-0.2, 0) is 4.79 Å². The first-order valence-electron chi connectivity index (χ1n) is 4.46. The molecule has 86 valence electrons. The second-order valence-electron chi connectivity index (χ2n) is 3.23. The van der Waals surface area contributed by atoms with Gasteiger partial charge in [-0.05, 0) is 23.7 Å². The van der Waals surface area contributed by atoms with Gasteiger partial charge in [-0.3, -0.25) is 4.79 Å². The molecule has 5 nitrogen and oxygen atoms in total. The van der Waals surface area contributed by atoms with Crippen molar-refractivity contribution in [3.05, 3.63) is 23.1 Å². The minimum atomic E-state index is -1.00. The molecule has 1 N–H and O–H groups in total. The molecule has 1 atom stereocenters. The van der Waals surface area contributed by atoms with E-state index in [2.05, 4.69) is 0 Å². The number of hydrogen-bond donors (Lipinski definition) is 1. The predicted molar refractivity (Wildman–Crippen MR) is 58.6 cm³/mol. The summed E-state index contributed by atoms with van der Waals surface area (Å²) >= 11 is 6.95. The maximum absolute atomic E-state index is 11.9. The Hall–Kier alpha value is -1.14. The number of nitrogens with zero attached hydrogens (tertiary/aromatic N) is 1. The van der Waals surface area contributed by atoms with Crippen molar-refractivity contribution < 1.29 is 19.1 Å². The third-order valence-electron chi connectivity index (χ3n) is 2.21. The van der Waals surface area contributed by atoms with Gasteiger partial charge in [0.1, 0.15) is 6.04 Å². The van der Waals surface area contributed by atoms with Crippen molar-refractivity contribution in [1.82, 2.24) is 4.90 Å². The van der Waals surface area contributed by atoms with Crippen LogP contribution >= 0.6 is 23.4 Å². The summed E-state index contributed by atoms with van der Waals surface area (Å²) in [4.78, 5) is 24.0. The summed E-state index contributed by atoms with van der Waals surface area (Å²) in [5.74, 6) is -0.622. The lowest BCUT2D eigenvalue weighted by Gasteiger charge is -2.18. The van der Waals surface area contributed by atoms with Crippen LogP contribution in [0.4, 0.5) is 0 Å². The Kier molecular flexibility index (Phi) is 3.11. The van der Waals surface area contributed by atoms with E-state index in [0.29, 0.717) is 11.6 Å². The lowest BCUT2D eigenvalue weighted by Crippen LogP contribution is -2.41. The summed E-state index contributed by atoms with van der Waals surface area (Å²) in [6.07, 6.45) is 0. The normalized spacial score (nSPS) is 20.1. The molecule has 1 fully saturated rings. The van der Waals surface area contributed by atoms with Crippen LogP contribution in [0.25, 0.3) is 0 Å². The fraction of sp³-hybridized carbons (Fsp3) is 0.333. The van der Waals surface area contributed by atoms with Gasteiger partial charge in [-0.2, -0.15) is 0 Å². The summed E-state index contributed by atoms with van der Waals surface area (Å²) in [7, 11) is 0. The smallest absolute Gasteiger partial charge is 0.327 e. The molecule has 1 aliphatic heterocycles. The fourth-order valence-electron chi connectivity index (χ4n) is 1.42. The Labute approximate surface area is 100 Å². The Morgan fingerprint density at radius 3 is 2.88 bits per heavy atom. The molecule has 0 saturated carbocycles. The molecule has 16 heavy (non-hydrogen) atoms. The second-order valence-corrected chi connectivity index (χ2v) is 4.60. The van der Waals surface area contributed by atoms with Crippen molar-refractivity contribution in [3.8, 4) is 0 Å². The number of furan rings is 1. The SMILES string of the molecule is O=C(O)C1CSCN1C(=O)c1ccc(Cl)o1. The maximum Gasteiger partial charge on any atom is 0.327 e. The minimum Gasteiger partial charge on any atom is -0.480 e.